The van der Waals surface area contributed by atoms with E-state index in [4.69, 9.17) is 0 Å². The summed E-state index contributed by atoms with van der Waals surface area (Å²) in [6, 6.07) is 18.3. The Morgan fingerprint density at radius 2 is 1.55 bits per heavy atom. The predicted molar refractivity (Wildman–Crippen MR) is 80.2 cm³/mol. The molecule has 107 valence electrons. The molecular formula is C17H18IrN2-2. The third kappa shape index (κ3) is 3.23. The van der Waals surface area contributed by atoms with E-state index in [1.54, 1.807) is 0 Å². The summed E-state index contributed by atoms with van der Waals surface area (Å²) in [5.74, 6) is 0. The molecule has 0 aliphatic carbocycles. The van der Waals surface area contributed by atoms with Crippen LogP contribution in [0.2, 0.25) is 0 Å². The largest absolute Gasteiger partial charge is 0.522 e. The zero-order chi connectivity index (χ0) is 13.2. The van der Waals surface area contributed by atoms with Crippen LogP contribution in [0.15, 0.2) is 42.5 Å². The van der Waals surface area contributed by atoms with Crippen molar-refractivity contribution in [3.63, 3.8) is 0 Å². The smallest absolute Gasteiger partial charge is 0.00860 e. The molecule has 1 radical (unpaired) electrons. The number of hydrogen-bond donors (Lipinski definition) is 0. The summed E-state index contributed by atoms with van der Waals surface area (Å²) in [6.07, 6.45) is 0. The maximum Gasteiger partial charge on any atom is 0.00860 e. The molecule has 0 amide bonds. The molecule has 3 rings (SSSR count). The number of nitrogens with zero attached hydrogens (tertiary/aromatic N) is 2. The molecule has 3 heteroatoms. The number of benzene rings is 2. The molecular weight excluding hydrogens is 424 g/mol. The second-order valence-electron chi connectivity index (χ2n) is 5.09. The molecule has 0 atom stereocenters. The molecule has 1 saturated heterocycles. The van der Waals surface area contributed by atoms with Crippen LogP contribution in [0.5, 0.6) is 0 Å². The van der Waals surface area contributed by atoms with Crippen molar-refractivity contribution in [1.82, 2.24) is 0 Å². The van der Waals surface area contributed by atoms with Crippen molar-refractivity contribution < 1.29 is 20.1 Å². The molecule has 0 saturated carbocycles. The van der Waals surface area contributed by atoms with Crippen molar-refractivity contribution >= 4 is 11.4 Å². The van der Waals surface area contributed by atoms with Gasteiger partial charge in [-0.05, 0) is 19.1 Å². The van der Waals surface area contributed by atoms with E-state index in [0.717, 1.165) is 18.8 Å². The van der Waals surface area contributed by atoms with Gasteiger partial charge in [0.2, 0.25) is 0 Å². The van der Waals surface area contributed by atoms with Crippen LogP contribution in [0, 0.1) is 26.6 Å². The van der Waals surface area contributed by atoms with E-state index in [0.29, 0.717) is 0 Å². The zero-order valence-corrected chi connectivity index (χ0v) is 14.2. The predicted octanol–water partition coefficient (Wildman–Crippen LogP) is 3.55. The zero-order valence-electron chi connectivity index (χ0n) is 11.8. The van der Waals surface area contributed by atoms with Crippen molar-refractivity contribution in [3.8, 4) is 0 Å². The van der Waals surface area contributed by atoms with E-state index < -0.39 is 0 Å². The maximum atomic E-state index is 3.33. The van der Waals surface area contributed by atoms with E-state index in [2.05, 4.69) is 72.8 Å². The first-order chi connectivity index (χ1) is 9.22. The molecule has 1 aliphatic heterocycles. The molecule has 0 unspecified atom stereocenters. The van der Waals surface area contributed by atoms with Gasteiger partial charge in [0.1, 0.15) is 0 Å². The molecule has 2 nitrogen and oxygen atoms in total. The van der Waals surface area contributed by atoms with E-state index in [9.17, 15) is 0 Å². The first-order valence-corrected chi connectivity index (χ1v) is 6.66. The average Bonchev–Trinajstić information content (AvgIpc) is 2.90. The van der Waals surface area contributed by atoms with Gasteiger partial charge in [-0.2, -0.15) is 36.5 Å². The molecule has 0 spiro atoms. The van der Waals surface area contributed by atoms with Gasteiger partial charge in [0.15, 0.2) is 0 Å². The monoisotopic (exact) mass is 443 g/mol. The Morgan fingerprint density at radius 1 is 0.900 bits per heavy atom. The second kappa shape index (κ2) is 6.43. The van der Waals surface area contributed by atoms with Gasteiger partial charge in [-0.15, -0.1) is 5.69 Å². The Hall–Kier alpha value is -1.31. The van der Waals surface area contributed by atoms with Crippen LogP contribution in [0.3, 0.4) is 0 Å². The Balaban J connectivity index is 0.00000147. The summed E-state index contributed by atoms with van der Waals surface area (Å²) < 4.78 is 0. The van der Waals surface area contributed by atoms with Crippen LogP contribution in [0.25, 0.3) is 0 Å². The van der Waals surface area contributed by atoms with Crippen molar-refractivity contribution in [3.05, 3.63) is 66.3 Å². The summed E-state index contributed by atoms with van der Waals surface area (Å²) >= 11 is 0. The normalized spacial score (nSPS) is 14.3. The Morgan fingerprint density at radius 3 is 2.20 bits per heavy atom. The molecule has 2 aromatic rings. The van der Waals surface area contributed by atoms with Crippen LogP contribution >= 0.6 is 0 Å². The van der Waals surface area contributed by atoms with Gasteiger partial charge in [0.25, 0.3) is 0 Å². The van der Waals surface area contributed by atoms with Gasteiger partial charge in [0.05, 0.1) is 0 Å². The van der Waals surface area contributed by atoms with Gasteiger partial charge in [-0.1, -0.05) is 24.6 Å². The first kappa shape index (κ1) is 15.1. The number of anilines is 2. The minimum absolute atomic E-state index is 0. The maximum absolute atomic E-state index is 3.33. The molecule has 0 bridgehead atoms. The van der Waals surface area contributed by atoms with Crippen molar-refractivity contribution in [1.29, 1.82) is 0 Å². The van der Waals surface area contributed by atoms with Gasteiger partial charge in [0, 0.05) is 38.9 Å². The molecule has 2 aromatic carbocycles. The molecule has 1 heterocycles. The molecule has 1 fully saturated rings. The minimum Gasteiger partial charge on any atom is -0.522 e. The van der Waals surface area contributed by atoms with Gasteiger partial charge in [-0.3, -0.25) is 0 Å². The average molecular weight is 443 g/mol. The van der Waals surface area contributed by atoms with Crippen molar-refractivity contribution in [2.75, 3.05) is 22.9 Å². The van der Waals surface area contributed by atoms with Crippen LogP contribution in [-0.4, -0.2) is 13.1 Å². The quantitative estimate of drug-likeness (QED) is 0.657. The summed E-state index contributed by atoms with van der Waals surface area (Å²) in [5, 5.41) is 0. The third-order valence-corrected chi connectivity index (χ3v) is 3.49. The van der Waals surface area contributed by atoms with Crippen molar-refractivity contribution in [2.45, 2.75) is 13.8 Å². The van der Waals surface area contributed by atoms with E-state index in [1.165, 1.54) is 16.8 Å². The molecule has 20 heavy (non-hydrogen) atoms. The van der Waals surface area contributed by atoms with Crippen LogP contribution in [0.4, 0.5) is 11.4 Å². The van der Waals surface area contributed by atoms with E-state index in [1.807, 2.05) is 6.07 Å². The molecule has 0 N–H and O–H groups in total. The molecule has 0 aromatic heterocycles. The fourth-order valence-corrected chi connectivity index (χ4v) is 2.29. The van der Waals surface area contributed by atoms with Crippen molar-refractivity contribution in [2.24, 2.45) is 0 Å². The topological polar surface area (TPSA) is 6.48 Å². The van der Waals surface area contributed by atoms with Crippen LogP contribution < -0.4 is 9.80 Å². The number of rotatable bonds is 2. The van der Waals surface area contributed by atoms with E-state index >= 15 is 0 Å². The number of aryl methyl sites for hydroxylation is 2. The van der Waals surface area contributed by atoms with E-state index in [-0.39, 0.29) is 20.1 Å². The number of hydrogen-bond acceptors (Lipinski definition) is 2. The van der Waals surface area contributed by atoms with Gasteiger partial charge < -0.3 is 9.80 Å². The SMILES string of the molecule is Cc1c[c-]c(N2[CH-]N(c3ccc(C)cc3)CC2)cc1.[Ir]. The standard InChI is InChI=1S/C17H18N2.Ir/c1-14-3-7-16(8-4-14)18-11-12-19(13-18)17-9-5-15(2)6-10-17;/h3-9,13H,11-12H2,1-2H3;/q-2;. The van der Waals surface area contributed by atoms with Gasteiger partial charge in [-0.25, -0.2) is 0 Å². The fraction of sp³-hybridized carbons (Fsp3) is 0.235. The summed E-state index contributed by atoms with van der Waals surface area (Å²) in [7, 11) is 0. The summed E-state index contributed by atoms with van der Waals surface area (Å²) in [6.45, 7) is 8.40. The Labute approximate surface area is 134 Å². The fourth-order valence-electron chi connectivity index (χ4n) is 2.29. The Bertz CT molecular complexity index is 497. The minimum atomic E-state index is 0. The molecule has 1 aliphatic rings. The Kier molecular flexibility index (Phi) is 4.85. The van der Waals surface area contributed by atoms with Gasteiger partial charge >= 0.3 is 0 Å². The first-order valence-electron chi connectivity index (χ1n) is 6.66. The third-order valence-electron chi connectivity index (χ3n) is 3.49. The summed E-state index contributed by atoms with van der Waals surface area (Å²) in [5.41, 5.74) is 4.94. The van der Waals surface area contributed by atoms with Crippen LogP contribution in [0.1, 0.15) is 11.1 Å². The van der Waals surface area contributed by atoms with Crippen LogP contribution in [-0.2, 0) is 20.1 Å². The summed E-state index contributed by atoms with van der Waals surface area (Å²) in [4.78, 5) is 4.53. The second-order valence-corrected chi connectivity index (χ2v) is 5.09.